The highest BCUT2D eigenvalue weighted by Crippen LogP contribution is 2.32. The number of carbonyl (C=O) groups excluding carboxylic acids is 1. The van der Waals surface area contributed by atoms with E-state index in [0.29, 0.717) is 21.3 Å². The van der Waals surface area contributed by atoms with E-state index >= 15 is 0 Å². The Morgan fingerprint density at radius 1 is 1.20 bits per heavy atom. The zero-order valence-corrected chi connectivity index (χ0v) is 15.3. The second kappa shape index (κ2) is 7.00. The number of benzene rings is 2. The van der Waals surface area contributed by atoms with Gasteiger partial charge in [-0.05, 0) is 43.3 Å². The van der Waals surface area contributed by atoms with Crippen molar-refractivity contribution in [3.63, 3.8) is 0 Å². The summed E-state index contributed by atoms with van der Waals surface area (Å²) in [5.74, 6) is -0.660. The lowest BCUT2D eigenvalue weighted by molar-refractivity contribution is 0.103. The van der Waals surface area contributed by atoms with Crippen molar-refractivity contribution >= 4 is 51.8 Å². The molecule has 1 amide bonds. The van der Waals surface area contributed by atoms with Crippen LogP contribution in [0.4, 0.5) is 15.8 Å². The van der Waals surface area contributed by atoms with Gasteiger partial charge in [-0.1, -0.05) is 23.2 Å². The number of hydrogen-bond acceptors (Lipinski definition) is 4. The van der Waals surface area contributed by atoms with E-state index in [0.717, 1.165) is 5.56 Å². The second-order valence-electron chi connectivity index (χ2n) is 5.25. The van der Waals surface area contributed by atoms with Crippen molar-refractivity contribution in [2.75, 3.05) is 11.1 Å². The van der Waals surface area contributed by atoms with E-state index in [1.807, 2.05) is 0 Å². The first kappa shape index (κ1) is 17.7. The number of carbonyl (C=O) groups is 1. The molecule has 1 heterocycles. The van der Waals surface area contributed by atoms with Crippen LogP contribution in [0.25, 0.3) is 10.6 Å². The zero-order chi connectivity index (χ0) is 18.1. The van der Waals surface area contributed by atoms with Gasteiger partial charge in [0.2, 0.25) is 0 Å². The van der Waals surface area contributed by atoms with Crippen LogP contribution in [-0.4, -0.2) is 10.9 Å². The van der Waals surface area contributed by atoms with Crippen molar-refractivity contribution in [2.45, 2.75) is 6.92 Å². The lowest BCUT2D eigenvalue weighted by Gasteiger charge is -2.07. The summed E-state index contributed by atoms with van der Waals surface area (Å²) in [6.45, 7) is 1.74. The van der Waals surface area contributed by atoms with Crippen LogP contribution in [-0.2, 0) is 0 Å². The van der Waals surface area contributed by atoms with E-state index in [2.05, 4.69) is 10.3 Å². The molecule has 0 aliphatic carbocycles. The molecule has 0 aliphatic heterocycles. The number of amides is 1. The average molecular weight is 396 g/mol. The molecular weight excluding hydrogens is 384 g/mol. The monoisotopic (exact) mass is 395 g/mol. The Bertz CT molecular complexity index is 934. The van der Waals surface area contributed by atoms with Crippen LogP contribution >= 0.6 is 34.5 Å². The maximum Gasteiger partial charge on any atom is 0.267 e. The largest absolute Gasteiger partial charge is 0.396 e. The van der Waals surface area contributed by atoms with E-state index in [9.17, 15) is 9.18 Å². The van der Waals surface area contributed by atoms with Crippen LogP contribution in [0.15, 0.2) is 36.4 Å². The highest BCUT2D eigenvalue weighted by atomic mass is 35.5. The Morgan fingerprint density at radius 3 is 2.40 bits per heavy atom. The number of hydrogen-bond donors (Lipinski definition) is 2. The van der Waals surface area contributed by atoms with Gasteiger partial charge in [-0.2, -0.15) is 0 Å². The van der Waals surface area contributed by atoms with Crippen LogP contribution in [0.1, 0.15) is 15.4 Å². The molecule has 25 heavy (non-hydrogen) atoms. The lowest BCUT2D eigenvalue weighted by Crippen LogP contribution is -2.11. The van der Waals surface area contributed by atoms with Crippen molar-refractivity contribution in [3.05, 3.63) is 62.8 Å². The molecule has 0 spiro atoms. The first-order chi connectivity index (χ1) is 11.8. The molecule has 4 nitrogen and oxygen atoms in total. The molecule has 0 fully saturated rings. The number of nitrogens with zero attached hydrogens (tertiary/aromatic N) is 1. The fraction of sp³-hybridized carbons (Fsp3) is 0.0588. The van der Waals surface area contributed by atoms with Crippen molar-refractivity contribution in [2.24, 2.45) is 0 Å². The van der Waals surface area contributed by atoms with Gasteiger partial charge in [0.25, 0.3) is 5.91 Å². The smallest absolute Gasteiger partial charge is 0.267 e. The van der Waals surface area contributed by atoms with Gasteiger partial charge in [0, 0.05) is 11.3 Å². The Morgan fingerprint density at radius 2 is 1.80 bits per heavy atom. The van der Waals surface area contributed by atoms with E-state index in [1.165, 1.54) is 35.6 Å². The molecule has 3 aromatic rings. The quantitative estimate of drug-likeness (QED) is 0.583. The van der Waals surface area contributed by atoms with Gasteiger partial charge in [-0.25, -0.2) is 9.37 Å². The van der Waals surface area contributed by atoms with E-state index < -0.39 is 0 Å². The van der Waals surface area contributed by atoms with E-state index in [-0.39, 0.29) is 27.5 Å². The summed E-state index contributed by atoms with van der Waals surface area (Å²) in [4.78, 5) is 17.4. The summed E-state index contributed by atoms with van der Waals surface area (Å²) in [6.07, 6.45) is 0. The standard InChI is InChI=1S/C17H12Cl2FN3OS/c1-8-15(25-17(22-8)9-2-4-10(20)5-3-9)16(24)23-11-6-12(18)14(21)13(19)7-11/h2-7H,21H2,1H3,(H,23,24). The number of anilines is 2. The number of nitrogens with two attached hydrogens (primary N) is 1. The third-order valence-electron chi connectivity index (χ3n) is 3.43. The van der Waals surface area contributed by atoms with Crippen molar-refractivity contribution < 1.29 is 9.18 Å². The minimum absolute atomic E-state index is 0.258. The van der Waals surface area contributed by atoms with Crippen LogP contribution in [0.3, 0.4) is 0 Å². The number of aryl methyl sites for hydroxylation is 1. The summed E-state index contributed by atoms with van der Waals surface area (Å²) in [5, 5.41) is 3.88. The predicted octanol–water partition coefficient (Wildman–Crippen LogP) is 5.40. The molecule has 2 aromatic carbocycles. The van der Waals surface area contributed by atoms with Crippen LogP contribution in [0.2, 0.25) is 10.0 Å². The molecule has 0 atom stereocenters. The molecule has 128 valence electrons. The molecule has 0 saturated carbocycles. The minimum Gasteiger partial charge on any atom is -0.396 e. The molecule has 8 heteroatoms. The molecule has 0 bridgehead atoms. The Kier molecular flexibility index (Phi) is 4.94. The van der Waals surface area contributed by atoms with Gasteiger partial charge >= 0.3 is 0 Å². The van der Waals surface area contributed by atoms with Gasteiger partial charge in [0.15, 0.2) is 0 Å². The maximum atomic E-state index is 13.0. The highest BCUT2D eigenvalue weighted by Gasteiger charge is 2.17. The molecule has 3 rings (SSSR count). The van der Waals surface area contributed by atoms with Crippen molar-refractivity contribution in [3.8, 4) is 10.6 Å². The lowest BCUT2D eigenvalue weighted by atomic mass is 10.2. The summed E-state index contributed by atoms with van der Waals surface area (Å²) < 4.78 is 13.0. The Hall–Kier alpha value is -2.15. The van der Waals surface area contributed by atoms with Crippen LogP contribution in [0.5, 0.6) is 0 Å². The van der Waals surface area contributed by atoms with Crippen molar-refractivity contribution in [1.82, 2.24) is 4.98 Å². The Labute approximate surface area is 157 Å². The molecule has 1 aromatic heterocycles. The van der Waals surface area contributed by atoms with Crippen LogP contribution in [0, 0.1) is 12.7 Å². The molecule has 0 radical (unpaired) electrons. The number of rotatable bonds is 3. The number of thiazole rings is 1. The summed E-state index contributed by atoms with van der Waals surface area (Å²) in [7, 11) is 0. The van der Waals surface area contributed by atoms with E-state index in [4.69, 9.17) is 28.9 Å². The van der Waals surface area contributed by atoms with Gasteiger partial charge in [0.1, 0.15) is 15.7 Å². The second-order valence-corrected chi connectivity index (χ2v) is 7.06. The molecular formula is C17H12Cl2FN3OS. The summed E-state index contributed by atoms with van der Waals surface area (Å²) >= 11 is 13.2. The minimum atomic E-state index is -0.333. The normalized spacial score (nSPS) is 10.7. The average Bonchev–Trinajstić information content (AvgIpc) is 2.95. The summed E-state index contributed by atoms with van der Waals surface area (Å²) in [6, 6.07) is 8.99. The SMILES string of the molecule is Cc1nc(-c2ccc(F)cc2)sc1C(=O)Nc1cc(Cl)c(N)c(Cl)c1. The zero-order valence-electron chi connectivity index (χ0n) is 12.9. The molecule has 0 aliphatic rings. The number of halogens is 3. The van der Waals surface area contributed by atoms with Gasteiger partial charge in [-0.15, -0.1) is 11.3 Å². The number of nitrogen functional groups attached to an aromatic ring is 1. The Balaban J connectivity index is 1.87. The van der Waals surface area contributed by atoms with Gasteiger partial charge < -0.3 is 11.1 Å². The maximum absolute atomic E-state index is 13.0. The third-order valence-corrected chi connectivity index (χ3v) is 5.26. The molecule has 0 unspecified atom stereocenters. The highest BCUT2D eigenvalue weighted by molar-refractivity contribution is 7.17. The first-order valence-corrected chi connectivity index (χ1v) is 8.71. The van der Waals surface area contributed by atoms with E-state index in [1.54, 1.807) is 19.1 Å². The molecule has 3 N–H and O–H groups in total. The fourth-order valence-corrected chi connectivity index (χ4v) is 3.62. The fourth-order valence-electron chi connectivity index (χ4n) is 2.17. The third kappa shape index (κ3) is 3.76. The predicted molar refractivity (Wildman–Crippen MR) is 101 cm³/mol. The summed E-state index contributed by atoms with van der Waals surface area (Å²) in [5.41, 5.74) is 7.70. The van der Waals surface area contributed by atoms with Gasteiger partial charge in [-0.3, -0.25) is 4.79 Å². The van der Waals surface area contributed by atoms with Crippen molar-refractivity contribution in [1.29, 1.82) is 0 Å². The molecule has 0 saturated heterocycles. The van der Waals surface area contributed by atoms with Gasteiger partial charge in [0.05, 0.1) is 21.4 Å². The van der Waals surface area contributed by atoms with Crippen LogP contribution < -0.4 is 11.1 Å². The number of nitrogens with one attached hydrogen (secondary N) is 1. The topological polar surface area (TPSA) is 68.0 Å². The first-order valence-electron chi connectivity index (χ1n) is 7.14. The number of aromatic nitrogens is 1.